The average Bonchev–Trinajstić information content (AvgIpc) is 3.43. The SMILES string of the molecule is CC(Sc1cccc(NC(=O)/C(=C\c2ccccc2Cl)NC(=O)c2ccccc2)c1)C(=O)Nc1nccs1. The standard InChI is InChI=1S/C28H23ClN4O3S2/c1-18(25(34)33-28-30-14-15-37-28)38-22-12-7-11-21(17-22)31-27(36)24(16-20-10-5-6-13-23(20)29)32-26(35)19-8-3-2-4-9-19/h2-18H,1H3,(H,31,36)(H,32,35)(H,30,33,34)/b24-16+. The number of hydrogen-bond donors (Lipinski definition) is 3. The first-order valence-corrected chi connectivity index (χ1v) is 13.6. The summed E-state index contributed by atoms with van der Waals surface area (Å²) in [5.41, 5.74) is 1.53. The number of halogens is 1. The minimum atomic E-state index is -0.522. The van der Waals surface area contributed by atoms with E-state index in [1.165, 1.54) is 29.2 Å². The highest BCUT2D eigenvalue weighted by molar-refractivity contribution is 8.00. The van der Waals surface area contributed by atoms with E-state index in [2.05, 4.69) is 20.9 Å². The smallest absolute Gasteiger partial charge is 0.272 e. The molecule has 4 aromatic rings. The molecule has 3 aromatic carbocycles. The molecule has 7 nitrogen and oxygen atoms in total. The van der Waals surface area contributed by atoms with Crippen LogP contribution in [0.1, 0.15) is 22.8 Å². The number of rotatable bonds is 9. The van der Waals surface area contributed by atoms with Crippen LogP contribution in [0.5, 0.6) is 0 Å². The van der Waals surface area contributed by atoms with Crippen molar-refractivity contribution < 1.29 is 14.4 Å². The van der Waals surface area contributed by atoms with E-state index >= 15 is 0 Å². The summed E-state index contributed by atoms with van der Waals surface area (Å²) in [6, 6.07) is 22.8. The summed E-state index contributed by atoms with van der Waals surface area (Å²) in [5, 5.41) is 10.7. The molecule has 38 heavy (non-hydrogen) atoms. The Labute approximate surface area is 233 Å². The van der Waals surface area contributed by atoms with E-state index in [4.69, 9.17) is 11.6 Å². The van der Waals surface area contributed by atoms with Crippen LogP contribution >= 0.6 is 34.7 Å². The minimum absolute atomic E-state index is 0.0289. The van der Waals surface area contributed by atoms with Crippen LogP contribution in [0.2, 0.25) is 5.02 Å². The van der Waals surface area contributed by atoms with Crippen LogP contribution in [0.25, 0.3) is 6.08 Å². The van der Waals surface area contributed by atoms with Crippen molar-refractivity contribution in [2.75, 3.05) is 10.6 Å². The Morgan fingerprint density at radius 3 is 2.47 bits per heavy atom. The number of carbonyl (C=O) groups excluding carboxylic acids is 3. The number of thioether (sulfide) groups is 1. The zero-order valence-corrected chi connectivity index (χ0v) is 22.6. The van der Waals surface area contributed by atoms with Gasteiger partial charge in [0.1, 0.15) is 5.70 Å². The van der Waals surface area contributed by atoms with E-state index in [9.17, 15) is 14.4 Å². The molecule has 192 valence electrons. The zero-order chi connectivity index (χ0) is 26.9. The molecular formula is C28H23ClN4O3S2. The Morgan fingerprint density at radius 1 is 0.974 bits per heavy atom. The Kier molecular flexibility index (Phi) is 9.31. The first kappa shape index (κ1) is 27.1. The molecule has 0 spiro atoms. The largest absolute Gasteiger partial charge is 0.321 e. The molecule has 0 saturated carbocycles. The molecule has 1 heterocycles. The van der Waals surface area contributed by atoms with Crippen LogP contribution in [-0.4, -0.2) is 28.0 Å². The third kappa shape index (κ3) is 7.55. The maximum Gasteiger partial charge on any atom is 0.272 e. The lowest BCUT2D eigenvalue weighted by Crippen LogP contribution is -2.30. The maximum absolute atomic E-state index is 13.3. The Hall–Kier alpha value is -3.92. The molecule has 0 bridgehead atoms. The van der Waals surface area contributed by atoms with Crippen molar-refractivity contribution in [3.8, 4) is 0 Å². The van der Waals surface area contributed by atoms with Gasteiger partial charge in [0.15, 0.2) is 5.13 Å². The molecule has 0 aliphatic carbocycles. The molecule has 0 aliphatic rings. The highest BCUT2D eigenvalue weighted by Gasteiger charge is 2.18. The number of carbonyl (C=O) groups is 3. The van der Waals surface area contributed by atoms with E-state index in [1.807, 2.05) is 6.07 Å². The van der Waals surface area contributed by atoms with Crippen molar-refractivity contribution in [3.63, 3.8) is 0 Å². The van der Waals surface area contributed by atoms with Gasteiger partial charge in [-0.3, -0.25) is 14.4 Å². The summed E-state index contributed by atoms with van der Waals surface area (Å²) in [6.45, 7) is 1.79. The number of aromatic nitrogens is 1. The molecule has 0 fully saturated rings. The predicted octanol–water partition coefficient (Wildman–Crippen LogP) is 6.33. The summed E-state index contributed by atoms with van der Waals surface area (Å²) >= 11 is 8.99. The number of benzene rings is 3. The number of nitrogens with zero attached hydrogens (tertiary/aromatic N) is 1. The molecule has 3 amide bonds. The van der Waals surface area contributed by atoms with Crippen LogP contribution in [-0.2, 0) is 9.59 Å². The lowest BCUT2D eigenvalue weighted by Gasteiger charge is -2.14. The van der Waals surface area contributed by atoms with Crippen molar-refractivity contribution in [2.45, 2.75) is 17.1 Å². The van der Waals surface area contributed by atoms with Gasteiger partial charge in [-0.15, -0.1) is 23.1 Å². The lowest BCUT2D eigenvalue weighted by molar-refractivity contribution is -0.115. The molecule has 1 atom stereocenters. The van der Waals surface area contributed by atoms with E-state index in [0.717, 1.165) is 4.90 Å². The molecule has 4 rings (SSSR count). The molecular weight excluding hydrogens is 540 g/mol. The maximum atomic E-state index is 13.3. The number of amides is 3. The summed E-state index contributed by atoms with van der Waals surface area (Å²) in [7, 11) is 0. The van der Waals surface area contributed by atoms with Crippen molar-refractivity contribution in [1.82, 2.24) is 10.3 Å². The van der Waals surface area contributed by atoms with Gasteiger partial charge in [-0.1, -0.05) is 54.1 Å². The number of thiazole rings is 1. The van der Waals surface area contributed by atoms with Crippen molar-refractivity contribution >= 4 is 69.3 Å². The van der Waals surface area contributed by atoms with Gasteiger partial charge in [0.05, 0.1) is 5.25 Å². The fourth-order valence-electron chi connectivity index (χ4n) is 3.29. The van der Waals surface area contributed by atoms with Crippen LogP contribution in [0, 0.1) is 0 Å². The van der Waals surface area contributed by atoms with E-state index in [-0.39, 0.29) is 11.6 Å². The minimum Gasteiger partial charge on any atom is -0.321 e. The summed E-state index contributed by atoms with van der Waals surface area (Å²) in [4.78, 5) is 43.5. The van der Waals surface area contributed by atoms with Crippen LogP contribution in [0.3, 0.4) is 0 Å². The second-order valence-electron chi connectivity index (χ2n) is 7.97. The normalized spacial score (nSPS) is 11.9. The summed E-state index contributed by atoms with van der Waals surface area (Å²) in [5.74, 6) is -1.12. The number of hydrogen-bond acceptors (Lipinski definition) is 6. The van der Waals surface area contributed by atoms with Crippen LogP contribution in [0.4, 0.5) is 10.8 Å². The zero-order valence-electron chi connectivity index (χ0n) is 20.2. The topological polar surface area (TPSA) is 100 Å². The first-order chi connectivity index (χ1) is 18.4. The van der Waals surface area contributed by atoms with Crippen molar-refractivity contribution in [2.24, 2.45) is 0 Å². The monoisotopic (exact) mass is 562 g/mol. The molecule has 3 N–H and O–H groups in total. The fourth-order valence-corrected chi connectivity index (χ4v) is 4.93. The van der Waals surface area contributed by atoms with Crippen LogP contribution in [0.15, 0.2) is 101 Å². The fraction of sp³-hybridized carbons (Fsp3) is 0.0714. The van der Waals surface area contributed by atoms with Gasteiger partial charge in [0, 0.05) is 32.7 Å². The quantitative estimate of drug-likeness (QED) is 0.164. The third-order valence-electron chi connectivity index (χ3n) is 5.17. The second kappa shape index (κ2) is 13.0. The number of anilines is 2. The van der Waals surface area contributed by atoms with Crippen molar-refractivity contribution in [3.05, 3.63) is 112 Å². The molecule has 0 radical (unpaired) electrons. The van der Waals surface area contributed by atoms with Gasteiger partial charge in [0.25, 0.3) is 11.8 Å². The molecule has 10 heteroatoms. The van der Waals surface area contributed by atoms with Gasteiger partial charge in [-0.2, -0.15) is 0 Å². The summed E-state index contributed by atoms with van der Waals surface area (Å²) < 4.78 is 0. The van der Waals surface area contributed by atoms with Crippen LogP contribution < -0.4 is 16.0 Å². The predicted molar refractivity (Wildman–Crippen MR) is 154 cm³/mol. The highest BCUT2D eigenvalue weighted by atomic mass is 35.5. The van der Waals surface area contributed by atoms with E-state index in [0.29, 0.717) is 27.0 Å². The Bertz CT molecular complexity index is 1460. The van der Waals surface area contributed by atoms with Crippen molar-refractivity contribution in [1.29, 1.82) is 0 Å². The lowest BCUT2D eigenvalue weighted by atomic mass is 10.1. The molecule has 1 unspecified atom stereocenters. The highest BCUT2D eigenvalue weighted by Crippen LogP contribution is 2.27. The third-order valence-corrected chi connectivity index (χ3v) is 7.30. The van der Waals surface area contributed by atoms with Gasteiger partial charge in [0.2, 0.25) is 5.91 Å². The first-order valence-electron chi connectivity index (χ1n) is 11.5. The Morgan fingerprint density at radius 2 is 1.74 bits per heavy atom. The van der Waals surface area contributed by atoms with Gasteiger partial charge in [-0.05, 0) is 55.0 Å². The molecule has 0 saturated heterocycles. The molecule has 1 aromatic heterocycles. The van der Waals surface area contributed by atoms with Gasteiger partial charge in [-0.25, -0.2) is 4.98 Å². The van der Waals surface area contributed by atoms with Gasteiger partial charge < -0.3 is 16.0 Å². The second-order valence-corrected chi connectivity index (χ2v) is 10.7. The summed E-state index contributed by atoms with van der Waals surface area (Å²) in [6.07, 6.45) is 3.16. The average molecular weight is 563 g/mol. The molecule has 0 aliphatic heterocycles. The number of nitrogens with one attached hydrogen (secondary N) is 3. The van der Waals surface area contributed by atoms with Gasteiger partial charge >= 0.3 is 0 Å². The van der Waals surface area contributed by atoms with E-state index < -0.39 is 17.1 Å². The van der Waals surface area contributed by atoms with E-state index in [1.54, 1.807) is 91.3 Å². The Balaban J connectivity index is 1.50.